The van der Waals surface area contributed by atoms with Crippen LogP contribution in [0.15, 0.2) is 12.2 Å². The first-order valence-electron chi connectivity index (χ1n) is 3.01. The van der Waals surface area contributed by atoms with Crippen LogP contribution >= 0.6 is 0 Å². The molecule has 0 aliphatic heterocycles. The minimum atomic E-state index is -4.39. The fraction of sp³-hybridized carbons (Fsp3) is 0.667. The lowest BCUT2D eigenvalue weighted by atomic mass is 10.5. The molecule has 0 heterocycles. The summed E-state index contributed by atoms with van der Waals surface area (Å²) < 4.78 is 38.6. The summed E-state index contributed by atoms with van der Waals surface area (Å²) in [5.41, 5.74) is 0. The van der Waals surface area contributed by atoms with Crippen molar-refractivity contribution >= 4 is 0 Å². The van der Waals surface area contributed by atoms with Crippen LogP contribution in [0.4, 0.5) is 13.2 Å². The smallest absolute Gasteiger partial charge is 0.365 e. The van der Waals surface area contributed by atoms with Crippen molar-refractivity contribution in [2.45, 2.75) is 19.4 Å². The van der Waals surface area contributed by atoms with Crippen molar-refractivity contribution in [2.24, 2.45) is 0 Å². The Morgan fingerprint density at radius 3 is 2.45 bits per heavy atom. The highest BCUT2D eigenvalue weighted by molar-refractivity contribution is 4.90. The second kappa shape index (κ2) is 4.35. The molecule has 5 heteroatoms. The predicted molar refractivity (Wildman–Crippen MR) is 32.8 cm³/mol. The van der Waals surface area contributed by atoms with Gasteiger partial charge in [-0.05, 0) is 13.0 Å². The molecule has 0 amide bonds. The number of ether oxygens (including phenoxy) is 1. The normalized spacial score (nSPS) is 15.7. The lowest BCUT2D eigenvalue weighted by Gasteiger charge is -2.04. The zero-order valence-electron chi connectivity index (χ0n) is 5.93. The molecule has 0 aromatic carbocycles. The molecule has 0 aliphatic rings. The number of allylic oxidation sites excluding steroid dienone is 1. The van der Waals surface area contributed by atoms with Crippen molar-refractivity contribution in [1.29, 1.82) is 0 Å². The van der Waals surface area contributed by atoms with E-state index in [-0.39, 0.29) is 12.7 Å². The Labute approximate surface area is 62.3 Å². The third-order valence-corrected chi connectivity index (χ3v) is 0.787. The number of hydrogen-bond donors (Lipinski definition) is 1. The van der Waals surface area contributed by atoms with Gasteiger partial charge in [0.1, 0.15) is 0 Å². The van der Waals surface area contributed by atoms with Gasteiger partial charge in [-0.2, -0.15) is 13.2 Å². The molecule has 0 aromatic rings. The topological polar surface area (TPSA) is 29.5 Å². The SMILES string of the molecule is CCOC(O)C=CC(F)(F)F. The number of aliphatic hydroxyl groups is 1. The maximum Gasteiger partial charge on any atom is 0.409 e. The zero-order chi connectivity index (χ0) is 8.91. The van der Waals surface area contributed by atoms with Gasteiger partial charge in [-0.15, -0.1) is 0 Å². The van der Waals surface area contributed by atoms with Gasteiger partial charge in [0.2, 0.25) is 0 Å². The Hall–Kier alpha value is -0.550. The summed E-state index contributed by atoms with van der Waals surface area (Å²) in [6.45, 7) is 1.74. The van der Waals surface area contributed by atoms with Crippen LogP contribution in [0.2, 0.25) is 0 Å². The molecular formula is C6H9F3O2. The van der Waals surface area contributed by atoms with Crippen LogP contribution in [0.3, 0.4) is 0 Å². The Balaban J connectivity index is 3.73. The van der Waals surface area contributed by atoms with Gasteiger partial charge in [0.25, 0.3) is 0 Å². The van der Waals surface area contributed by atoms with E-state index >= 15 is 0 Å². The van der Waals surface area contributed by atoms with E-state index in [0.717, 1.165) is 0 Å². The predicted octanol–water partition coefficient (Wildman–Crippen LogP) is 1.46. The van der Waals surface area contributed by atoms with Crippen LogP contribution < -0.4 is 0 Å². The Bertz CT molecular complexity index is 130. The van der Waals surface area contributed by atoms with Crippen LogP contribution in [-0.2, 0) is 4.74 Å². The van der Waals surface area contributed by atoms with Gasteiger partial charge in [0.15, 0.2) is 6.29 Å². The van der Waals surface area contributed by atoms with E-state index in [1.807, 2.05) is 0 Å². The van der Waals surface area contributed by atoms with E-state index in [1.54, 1.807) is 6.92 Å². The molecule has 2 nitrogen and oxygen atoms in total. The number of hydrogen-bond acceptors (Lipinski definition) is 2. The first-order valence-corrected chi connectivity index (χ1v) is 3.01. The lowest BCUT2D eigenvalue weighted by molar-refractivity contribution is -0.0878. The third kappa shape index (κ3) is 7.35. The molecule has 0 spiro atoms. The molecule has 11 heavy (non-hydrogen) atoms. The number of rotatable bonds is 3. The number of alkyl halides is 3. The molecule has 0 bridgehead atoms. The van der Waals surface area contributed by atoms with Gasteiger partial charge in [0.05, 0.1) is 0 Å². The highest BCUT2D eigenvalue weighted by Gasteiger charge is 2.22. The second-order valence-corrected chi connectivity index (χ2v) is 1.75. The summed E-state index contributed by atoms with van der Waals surface area (Å²) in [6.07, 6.45) is -5.38. The molecule has 0 rings (SSSR count). The van der Waals surface area contributed by atoms with Crippen molar-refractivity contribution in [3.05, 3.63) is 12.2 Å². The molecule has 1 atom stereocenters. The number of halogens is 3. The quantitative estimate of drug-likeness (QED) is 0.513. The van der Waals surface area contributed by atoms with E-state index in [2.05, 4.69) is 4.74 Å². The highest BCUT2D eigenvalue weighted by atomic mass is 19.4. The monoisotopic (exact) mass is 170 g/mol. The fourth-order valence-corrected chi connectivity index (χ4v) is 0.418. The molecule has 0 fully saturated rings. The average Bonchev–Trinajstić information content (AvgIpc) is 1.83. The molecule has 0 radical (unpaired) electrons. The largest absolute Gasteiger partial charge is 0.409 e. The fourth-order valence-electron chi connectivity index (χ4n) is 0.418. The van der Waals surface area contributed by atoms with E-state index in [4.69, 9.17) is 5.11 Å². The Kier molecular flexibility index (Phi) is 4.14. The van der Waals surface area contributed by atoms with Crippen molar-refractivity contribution in [1.82, 2.24) is 0 Å². The highest BCUT2D eigenvalue weighted by Crippen LogP contribution is 2.16. The summed E-state index contributed by atoms with van der Waals surface area (Å²) in [7, 11) is 0. The van der Waals surface area contributed by atoms with E-state index < -0.39 is 12.5 Å². The Morgan fingerprint density at radius 2 is 2.09 bits per heavy atom. The van der Waals surface area contributed by atoms with Gasteiger partial charge in [-0.25, -0.2) is 0 Å². The lowest BCUT2D eigenvalue weighted by Crippen LogP contribution is -2.10. The first kappa shape index (κ1) is 10.4. The average molecular weight is 170 g/mol. The van der Waals surface area contributed by atoms with Crippen LogP contribution in [0, 0.1) is 0 Å². The summed E-state index contributed by atoms with van der Waals surface area (Å²) in [5, 5.41) is 8.60. The molecular weight excluding hydrogens is 161 g/mol. The zero-order valence-corrected chi connectivity index (χ0v) is 5.93. The van der Waals surface area contributed by atoms with Crippen LogP contribution in [0.25, 0.3) is 0 Å². The van der Waals surface area contributed by atoms with E-state index in [1.165, 1.54) is 0 Å². The van der Waals surface area contributed by atoms with Crippen molar-refractivity contribution in [3.63, 3.8) is 0 Å². The number of aliphatic hydroxyl groups excluding tert-OH is 1. The van der Waals surface area contributed by atoms with Crippen LogP contribution in [-0.4, -0.2) is 24.2 Å². The Morgan fingerprint density at radius 1 is 1.55 bits per heavy atom. The van der Waals surface area contributed by atoms with Crippen molar-refractivity contribution < 1.29 is 23.0 Å². The van der Waals surface area contributed by atoms with Gasteiger partial charge < -0.3 is 9.84 Å². The van der Waals surface area contributed by atoms with E-state index in [0.29, 0.717) is 6.08 Å². The summed E-state index contributed by atoms with van der Waals surface area (Å²) in [5.74, 6) is 0. The van der Waals surface area contributed by atoms with Crippen molar-refractivity contribution in [2.75, 3.05) is 6.61 Å². The molecule has 1 N–H and O–H groups in total. The standard InChI is InChI=1S/C6H9F3O2/c1-2-11-5(10)3-4-6(7,8)9/h3-5,10H,2H2,1H3. The molecule has 66 valence electrons. The molecule has 1 unspecified atom stereocenters. The molecule has 0 saturated heterocycles. The van der Waals surface area contributed by atoms with E-state index in [9.17, 15) is 13.2 Å². The molecule has 0 saturated carbocycles. The van der Waals surface area contributed by atoms with Gasteiger partial charge in [-0.3, -0.25) is 0 Å². The second-order valence-electron chi connectivity index (χ2n) is 1.75. The van der Waals surface area contributed by atoms with Gasteiger partial charge in [-0.1, -0.05) is 0 Å². The van der Waals surface area contributed by atoms with Gasteiger partial charge in [0, 0.05) is 12.7 Å². The molecule has 0 aromatic heterocycles. The minimum Gasteiger partial charge on any atom is -0.365 e. The first-order chi connectivity index (χ1) is 4.95. The summed E-state index contributed by atoms with van der Waals surface area (Å²) in [6, 6.07) is 0. The summed E-state index contributed by atoms with van der Waals surface area (Å²) >= 11 is 0. The molecule has 0 aliphatic carbocycles. The minimum absolute atomic E-state index is 0.0622. The van der Waals surface area contributed by atoms with Crippen LogP contribution in [0.1, 0.15) is 6.92 Å². The van der Waals surface area contributed by atoms with Crippen molar-refractivity contribution in [3.8, 4) is 0 Å². The maximum atomic E-state index is 11.4. The summed E-state index contributed by atoms with van der Waals surface area (Å²) in [4.78, 5) is 0. The maximum absolute atomic E-state index is 11.4. The third-order valence-electron chi connectivity index (χ3n) is 0.787. The van der Waals surface area contributed by atoms with Gasteiger partial charge >= 0.3 is 6.18 Å². The van der Waals surface area contributed by atoms with Crippen LogP contribution in [0.5, 0.6) is 0 Å².